The Hall–Kier alpha value is -2.37. The van der Waals surface area contributed by atoms with Gasteiger partial charge in [-0.25, -0.2) is 9.78 Å². The fourth-order valence-electron chi connectivity index (χ4n) is 1.44. The van der Waals surface area contributed by atoms with Crippen molar-refractivity contribution >= 4 is 23.3 Å². The van der Waals surface area contributed by atoms with Crippen LogP contribution in [0.25, 0.3) is 11.0 Å². The quantitative estimate of drug-likeness (QED) is 0.755. The molecule has 0 aliphatic heterocycles. The predicted octanol–water partition coefficient (Wildman–Crippen LogP) is 1.08. The number of benzene rings is 1. The van der Waals surface area contributed by atoms with Crippen LogP contribution in [0.2, 0.25) is 0 Å². The molecule has 1 heterocycles. The van der Waals surface area contributed by atoms with Crippen molar-refractivity contribution in [2.45, 2.75) is 0 Å². The summed E-state index contributed by atoms with van der Waals surface area (Å²) in [5.41, 5.74) is 0.971. The lowest BCUT2D eigenvalue weighted by Crippen LogP contribution is -1.97. The minimum atomic E-state index is -1.07. The molecule has 0 saturated carbocycles. The van der Waals surface area contributed by atoms with Gasteiger partial charge in [-0.15, -0.1) is 0 Å². The molecule has 0 saturated heterocycles. The Labute approximate surface area is 89.9 Å². The second-order valence-electron chi connectivity index (χ2n) is 3.12. The minimum absolute atomic E-state index is 0.0745. The highest BCUT2D eigenvalue weighted by Gasteiger charge is 2.13. The molecule has 0 radical (unpaired) electrons. The number of hydrogen-bond acceptors (Lipinski definition) is 4. The standard InChI is InChI=1S/C10H8N2O4/c1-16-7-3-5(10(14)15)2-6-9(7)12-8(4-13)11-6/h2-4H,1H3,(H,11,12)(H,14,15). The van der Waals surface area contributed by atoms with Crippen molar-refractivity contribution in [3.63, 3.8) is 0 Å². The maximum atomic E-state index is 10.8. The predicted molar refractivity (Wildman–Crippen MR) is 55.0 cm³/mol. The molecule has 2 N–H and O–H groups in total. The molecule has 0 atom stereocenters. The fraction of sp³-hybridized carbons (Fsp3) is 0.100. The van der Waals surface area contributed by atoms with Crippen molar-refractivity contribution in [1.29, 1.82) is 0 Å². The first-order valence-corrected chi connectivity index (χ1v) is 4.42. The van der Waals surface area contributed by atoms with Crippen LogP contribution in [0.1, 0.15) is 21.0 Å². The summed E-state index contributed by atoms with van der Waals surface area (Å²) < 4.78 is 5.01. The number of carbonyl (C=O) groups is 2. The van der Waals surface area contributed by atoms with Crippen LogP contribution in [0.5, 0.6) is 5.75 Å². The highest BCUT2D eigenvalue weighted by molar-refractivity contribution is 5.96. The smallest absolute Gasteiger partial charge is 0.335 e. The second kappa shape index (κ2) is 3.65. The Morgan fingerprint density at radius 3 is 2.88 bits per heavy atom. The number of aromatic nitrogens is 2. The van der Waals surface area contributed by atoms with E-state index in [2.05, 4.69) is 9.97 Å². The van der Waals surface area contributed by atoms with Crippen molar-refractivity contribution in [3.05, 3.63) is 23.5 Å². The van der Waals surface area contributed by atoms with Gasteiger partial charge in [-0.1, -0.05) is 0 Å². The van der Waals surface area contributed by atoms with Crippen molar-refractivity contribution in [1.82, 2.24) is 9.97 Å². The third-order valence-electron chi connectivity index (χ3n) is 2.15. The number of imidazole rings is 1. The highest BCUT2D eigenvalue weighted by atomic mass is 16.5. The van der Waals surface area contributed by atoms with E-state index in [1.165, 1.54) is 19.2 Å². The van der Waals surface area contributed by atoms with Crippen LogP contribution in [0, 0.1) is 0 Å². The molecule has 1 aromatic heterocycles. The first kappa shape index (κ1) is 10.2. The molecular weight excluding hydrogens is 212 g/mol. The molecule has 0 aliphatic carbocycles. The van der Waals surface area contributed by atoms with E-state index < -0.39 is 5.97 Å². The van der Waals surface area contributed by atoms with E-state index >= 15 is 0 Å². The number of hydrogen-bond donors (Lipinski definition) is 2. The van der Waals surface area contributed by atoms with E-state index in [0.29, 0.717) is 23.1 Å². The number of nitrogens with zero attached hydrogens (tertiary/aromatic N) is 1. The molecule has 0 bridgehead atoms. The molecule has 82 valence electrons. The van der Waals surface area contributed by atoms with Gasteiger partial charge in [-0.3, -0.25) is 4.79 Å². The summed E-state index contributed by atoms with van der Waals surface area (Å²) in [6.07, 6.45) is 0.555. The normalized spacial score (nSPS) is 10.3. The maximum absolute atomic E-state index is 10.8. The Balaban J connectivity index is 2.75. The largest absolute Gasteiger partial charge is 0.494 e. The summed E-state index contributed by atoms with van der Waals surface area (Å²) in [7, 11) is 1.41. The summed E-state index contributed by atoms with van der Waals surface area (Å²) in [6, 6.07) is 2.76. The Kier molecular flexibility index (Phi) is 2.32. The molecule has 2 aromatic rings. The SMILES string of the molecule is COc1cc(C(=O)O)cc2[nH]c(C=O)nc12. The zero-order valence-electron chi connectivity index (χ0n) is 8.35. The topological polar surface area (TPSA) is 92.3 Å². The maximum Gasteiger partial charge on any atom is 0.335 e. The van der Waals surface area contributed by atoms with Gasteiger partial charge < -0.3 is 14.8 Å². The number of carboxylic acid groups (broad SMARTS) is 1. The van der Waals surface area contributed by atoms with E-state index in [-0.39, 0.29) is 11.4 Å². The number of ether oxygens (including phenoxy) is 1. The molecule has 0 fully saturated rings. The number of rotatable bonds is 3. The van der Waals surface area contributed by atoms with Gasteiger partial charge in [0, 0.05) is 0 Å². The first-order valence-electron chi connectivity index (χ1n) is 4.42. The van der Waals surface area contributed by atoms with Gasteiger partial charge in [0.2, 0.25) is 0 Å². The van der Waals surface area contributed by atoms with E-state index in [1.807, 2.05) is 0 Å². The van der Waals surface area contributed by atoms with Gasteiger partial charge in [0.05, 0.1) is 18.2 Å². The molecule has 0 aliphatic rings. The van der Waals surface area contributed by atoms with Crippen molar-refractivity contribution in [3.8, 4) is 5.75 Å². The molecule has 6 heteroatoms. The number of aromatic carboxylic acids is 1. The zero-order chi connectivity index (χ0) is 11.7. The molecule has 0 amide bonds. The Bertz CT molecular complexity index is 573. The molecule has 16 heavy (non-hydrogen) atoms. The summed E-state index contributed by atoms with van der Waals surface area (Å²) in [5, 5.41) is 8.87. The van der Waals surface area contributed by atoms with Crippen LogP contribution < -0.4 is 4.74 Å². The first-order chi connectivity index (χ1) is 7.65. The van der Waals surface area contributed by atoms with Crippen LogP contribution in [-0.2, 0) is 0 Å². The minimum Gasteiger partial charge on any atom is -0.494 e. The Morgan fingerprint density at radius 2 is 2.31 bits per heavy atom. The molecule has 0 unspecified atom stereocenters. The van der Waals surface area contributed by atoms with Gasteiger partial charge >= 0.3 is 5.97 Å². The van der Waals surface area contributed by atoms with E-state index in [4.69, 9.17) is 9.84 Å². The van der Waals surface area contributed by atoms with E-state index in [1.54, 1.807) is 0 Å². The third-order valence-corrected chi connectivity index (χ3v) is 2.15. The van der Waals surface area contributed by atoms with Crippen molar-refractivity contribution < 1.29 is 19.4 Å². The van der Waals surface area contributed by atoms with E-state index in [9.17, 15) is 9.59 Å². The lowest BCUT2D eigenvalue weighted by Gasteiger charge is -2.01. The average Bonchev–Trinajstić information content (AvgIpc) is 2.70. The summed E-state index contributed by atoms with van der Waals surface area (Å²) >= 11 is 0. The van der Waals surface area contributed by atoms with Gasteiger partial charge in [-0.2, -0.15) is 0 Å². The third kappa shape index (κ3) is 1.50. The van der Waals surface area contributed by atoms with Crippen LogP contribution in [-0.4, -0.2) is 34.4 Å². The highest BCUT2D eigenvalue weighted by Crippen LogP contribution is 2.25. The van der Waals surface area contributed by atoms with Gasteiger partial charge in [0.25, 0.3) is 0 Å². The Morgan fingerprint density at radius 1 is 1.56 bits per heavy atom. The van der Waals surface area contributed by atoms with Crippen molar-refractivity contribution in [2.75, 3.05) is 7.11 Å². The molecule has 1 aromatic carbocycles. The number of nitrogens with one attached hydrogen (secondary N) is 1. The second-order valence-corrected chi connectivity index (χ2v) is 3.12. The number of aldehydes is 1. The van der Waals surface area contributed by atoms with Gasteiger partial charge in [-0.05, 0) is 12.1 Å². The zero-order valence-corrected chi connectivity index (χ0v) is 8.35. The monoisotopic (exact) mass is 220 g/mol. The number of H-pyrrole nitrogens is 1. The fourth-order valence-corrected chi connectivity index (χ4v) is 1.44. The number of fused-ring (bicyclic) bond motifs is 1. The summed E-state index contributed by atoms with van der Waals surface area (Å²) in [5.74, 6) is -0.613. The van der Waals surface area contributed by atoms with E-state index in [0.717, 1.165) is 0 Å². The van der Waals surface area contributed by atoms with Crippen LogP contribution in [0.3, 0.4) is 0 Å². The number of methoxy groups -OCH3 is 1. The summed E-state index contributed by atoms with van der Waals surface area (Å²) in [4.78, 5) is 28.0. The lowest BCUT2D eigenvalue weighted by atomic mass is 10.2. The molecule has 0 spiro atoms. The lowest BCUT2D eigenvalue weighted by molar-refractivity contribution is 0.0696. The van der Waals surface area contributed by atoms with Crippen molar-refractivity contribution in [2.24, 2.45) is 0 Å². The molecular formula is C10H8N2O4. The van der Waals surface area contributed by atoms with Crippen LogP contribution in [0.4, 0.5) is 0 Å². The average molecular weight is 220 g/mol. The number of carbonyl (C=O) groups excluding carboxylic acids is 1. The molecule has 6 nitrogen and oxygen atoms in total. The van der Waals surface area contributed by atoms with Gasteiger partial charge in [0.15, 0.2) is 12.1 Å². The van der Waals surface area contributed by atoms with Crippen LogP contribution in [0.15, 0.2) is 12.1 Å². The van der Waals surface area contributed by atoms with Gasteiger partial charge in [0.1, 0.15) is 11.3 Å². The number of carboxylic acids is 1. The van der Waals surface area contributed by atoms with Crippen LogP contribution >= 0.6 is 0 Å². The molecule has 2 rings (SSSR count). The number of aromatic amines is 1. The summed E-state index contributed by atoms with van der Waals surface area (Å²) in [6.45, 7) is 0.